The molecule has 0 bridgehead atoms. The summed E-state index contributed by atoms with van der Waals surface area (Å²) >= 11 is 0. The molecule has 3 rings (SSSR count). The van der Waals surface area contributed by atoms with Crippen LogP contribution in [0.1, 0.15) is 10.4 Å². The van der Waals surface area contributed by atoms with Gasteiger partial charge in [-0.1, -0.05) is 6.07 Å². The van der Waals surface area contributed by atoms with Crippen molar-refractivity contribution in [1.29, 1.82) is 0 Å². The van der Waals surface area contributed by atoms with Crippen LogP contribution in [0.2, 0.25) is 0 Å². The molecule has 0 saturated heterocycles. The summed E-state index contributed by atoms with van der Waals surface area (Å²) in [6, 6.07) is 14.7. The average molecular weight is 308 g/mol. The van der Waals surface area contributed by atoms with E-state index in [4.69, 9.17) is 9.47 Å². The Morgan fingerprint density at radius 1 is 1.09 bits per heavy atom. The lowest BCUT2D eigenvalue weighted by Gasteiger charge is -2.11. The van der Waals surface area contributed by atoms with Crippen molar-refractivity contribution >= 4 is 28.2 Å². The lowest BCUT2D eigenvalue weighted by atomic mass is 10.1. The number of esters is 1. The molecule has 3 aromatic rings. The molecule has 0 saturated carbocycles. The summed E-state index contributed by atoms with van der Waals surface area (Å²) in [7, 11) is 3.00. The summed E-state index contributed by atoms with van der Waals surface area (Å²) < 4.78 is 10.0. The minimum atomic E-state index is -0.366. The lowest BCUT2D eigenvalue weighted by Crippen LogP contribution is -2.02. The predicted octanol–water partition coefficient (Wildman–Crippen LogP) is 3.77. The number of methoxy groups -OCH3 is 2. The first-order valence-corrected chi connectivity index (χ1v) is 7.09. The maximum atomic E-state index is 11.6. The van der Waals surface area contributed by atoms with Crippen LogP contribution in [0, 0.1) is 0 Å². The van der Waals surface area contributed by atoms with Gasteiger partial charge in [-0.15, -0.1) is 0 Å². The largest absolute Gasteiger partial charge is 0.497 e. The number of benzene rings is 2. The number of anilines is 2. The molecule has 23 heavy (non-hydrogen) atoms. The fourth-order valence-electron chi connectivity index (χ4n) is 2.36. The van der Waals surface area contributed by atoms with Gasteiger partial charge in [0.2, 0.25) is 0 Å². The molecule has 0 unspecified atom stereocenters. The molecule has 2 aromatic carbocycles. The van der Waals surface area contributed by atoms with E-state index in [0.29, 0.717) is 5.56 Å². The van der Waals surface area contributed by atoms with Crippen LogP contribution >= 0.6 is 0 Å². The summed E-state index contributed by atoms with van der Waals surface area (Å²) in [5.74, 6) is 0.395. The summed E-state index contributed by atoms with van der Waals surface area (Å²) in [6.45, 7) is 0. The van der Waals surface area contributed by atoms with E-state index in [1.54, 1.807) is 31.5 Å². The number of hydrogen-bond acceptors (Lipinski definition) is 5. The average Bonchev–Trinajstić information content (AvgIpc) is 2.61. The van der Waals surface area contributed by atoms with Crippen molar-refractivity contribution in [1.82, 2.24) is 4.98 Å². The van der Waals surface area contributed by atoms with E-state index in [0.717, 1.165) is 28.0 Å². The van der Waals surface area contributed by atoms with Crippen molar-refractivity contribution in [3.63, 3.8) is 0 Å². The number of carbonyl (C=O) groups excluding carboxylic acids is 1. The normalized spacial score (nSPS) is 10.3. The zero-order valence-electron chi connectivity index (χ0n) is 12.9. The molecule has 0 aliphatic carbocycles. The van der Waals surface area contributed by atoms with Crippen LogP contribution < -0.4 is 10.1 Å². The van der Waals surface area contributed by atoms with Crippen LogP contribution in [-0.4, -0.2) is 25.2 Å². The summed E-state index contributed by atoms with van der Waals surface area (Å²) in [4.78, 5) is 16.0. The van der Waals surface area contributed by atoms with E-state index in [2.05, 4.69) is 10.3 Å². The van der Waals surface area contributed by atoms with Crippen molar-refractivity contribution in [2.75, 3.05) is 19.5 Å². The smallest absolute Gasteiger partial charge is 0.337 e. The quantitative estimate of drug-likeness (QED) is 0.743. The van der Waals surface area contributed by atoms with Crippen molar-refractivity contribution in [2.45, 2.75) is 0 Å². The number of pyridine rings is 1. The molecule has 5 nitrogen and oxygen atoms in total. The maximum absolute atomic E-state index is 11.6. The summed E-state index contributed by atoms with van der Waals surface area (Å²) in [6.07, 6.45) is 1.74. The van der Waals surface area contributed by atoms with Crippen molar-refractivity contribution in [3.05, 3.63) is 60.3 Å². The molecule has 1 aromatic heterocycles. The zero-order valence-corrected chi connectivity index (χ0v) is 12.9. The van der Waals surface area contributed by atoms with Gasteiger partial charge in [-0.25, -0.2) is 4.79 Å². The van der Waals surface area contributed by atoms with Crippen molar-refractivity contribution in [2.24, 2.45) is 0 Å². The van der Waals surface area contributed by atoms with E-state index >= 15 is 0 Å². The second-order valence-corrected chi connectivity index (χ2v) is 4.94. The number of rotatable bonds is 4. The number of ether oxygens (including phenoxy) is 2. The van der Waals surface area contributed by atoms with Crippen molar-refractivity contribution in [3.8, 4) is 5.75 Å². The SMILES string of the molecule is COC(=O)c1cccc(Nc2ccnc3ccc(OC)cc23)c1. The molecule has 0 amide bonds. The van der Waals surface area contributed by atoms with Gasteiger partial charge in [0.25, 0.3) is 0 Å². The Morgan fingerprint density at radius 3 is 2.74 bits per heavy atom. The van der Waals surface area contributed by atoms with E-state index in [9.17, 15) is 4.79 Å². The highest BCUT2D eigenvalue weighted by molar-refractivity contribution is 5.95. The minimum Gasteiger partial charge on any atom is -0.497 e. The molecule has 1 N–H and O–H groups in total. The number of hydrogen-bond donors (Lipinski definition) is 1. The highest BCUT2D eigenvalue weighted by atomic mass is 16.5. The fraction of sp³-hybridized carbons (Fsp3) is 0.111. The van der Waals surface area contributed by atoms with Crippen molar-refractivity contribution < 1.29 is 14.3 Å². The first-order chi connectivity index (χ1) is 11.2. The van der Waals surface area contributed by atoms with Crippen LogP contribution in [-0.2, 0) is 4.74 Å². The number of nitrogens with one attached hydrogen (secondary N) is 1. The van der Waals surface area contributed by atoms with Crippen LogP contribution in [0.3, 0.4) is 0 Å². The number of aromatic nitrogens is 1. The molecular weight excluding hydrogens is 292 g/mol. The van der Waals surface area contributed by atoms with Gasteiger partial charge in [0.1, 0.15) is 5.75 Å². The Balaban J connectivity index is 2.00. The van der Waals surface area contributed by atoms with Gasteiger partial charge in [0, 0.05) is 23.0 Å². The van der Waals surface area contributed by atoms with Gasteiger partial charge in [-0.3, -0.25) is 4.98 Å². The Labute approximate surface area is 133 Å². The highest BCUT2D eigenvalue weighted by Crippen LogP contribution is 2.28. The molecule has 5 heteroatoms. The third kappa shape index (κ3) is 3.08. The van der Waals surface area contributed by atoms with E-state index < -0.39 is 0 Å². The van der Waals surface area contributed by atoms with Gasteiger partial charge < -0.3 is 14.8 Å². The topological polar surface area (TPSA) is 60.5 Å². The Morgan fingerprint density at radius 2 is 1.96 bits per heavy atom. The third-order valence-corrected chi connectivity index (χ3v) is 3.51. The van der Waals surface area contributed by atoms with E-state index in [1.165, 1.54) is 7.11 Å². The zero-order chi connectivity index (χ0) is 16.2. The van der Waals surface area contributed by atoms with Gasteiger partial charge in [-0.05, 0) is 42.5 Å². The van der Waals surface area contributed by atoms with Crippen LogP contribution in [0.25, 0.3) is 10.9 Å². The van der Waals surface area contributed by atoms with Crippen LogP contribution in [0.4, 0.5) is 11.4 Å². The molecule has 0 radical (unpaired) electrons. The molecule has 0 fully saturated rings. The molecule has 116 valence electrons. The lowest BCUT2D eigenvalue weighted by molar-refractivity contribution is 0.0601. The highest BCUT2D eigenvalue weighted by Gasteiger charge is 2.08. The summed E-state index contributed by atoms with van der Waals surface area (Å²) in [5.41, 5.74) is 3.03. The molecule has 0 aliphatic heterocycles. The predicted molar refractivity (Wildman–Crippen MR) is 89.4 cm³/mol. The van der Waals surface area contributed by atoms with Gasteiger partial charge in [0.15, 0.2) is 0 Å². The van der Waals surface area contributed by atoms with Gasteiger partial charge in [0.05, 0.1) is 25.3 Å². The van der Waals surface area contributed by atoms with Crippen LogP contribution in [0.5, 0.6) is 5.75 Å². The fourth-order valence-corrected chi connectivity index (χ4v) is 2.36. The maximum Gasteiger partial charge on any atom is 0.337 e. The number of carbonyl (C=O) groups is 1. The van der Waals surface area contributed by atoms with Gasteiger partial charge >= 0.3 is 5.97 Å². The van der Waals surface area contributed by atoms with E-state index in [1.807, 2.05) is 30.3 Å². The molecule has 0 aliphatic rings. The number of fused-ring (bicyclic) bond motifs is 1. The molecule has 0 atom stereocenters. The Kier molecular flexibility index (Phi) is 4.10. The molecule has 1 heterocycles. The second kappa shape index (κ2) is 6.36. The Bertz CT molecular complexity index is 862. The Hall–Kier alpha value is -3.08. The molecule has 0 spiro atoms. The van der Waals surface area contributed by atoms with E-state index in [-0.39, 0.29) is 5.97 Å². The minimum absolute atomic E-state index is 0.366. The summed E-state index contributed by atoms with van der Waals surface area (Å²) in [5, 5.41) is 4.25. The van der Waals surface area contributed by atoms with Gasteiger partial charge in [-0.2, -0.15) is 0 Å². The third-order valence-electron chi connectivity index (χ3n) is 3.51. The number of nitrogens with zero attached hydrogens (tertiary/aromatic N) is 1. The molecular formula is C18H16N2O3. The van der Waals surface area contributed by atoms with Crippen LogP contribution in [0.15, 0.2) is 54.7 Å². The first kappa shape index (κ1) is 14.8. The first-order valence-electron chi connectivity index (χ1n) is 7.09. The monoisotopic (exact) mass is 308 g/mol. The second-order valence-electron chi connectivity index (χ2n) is 4.94. The standard InChI is InChI=1S/C18H16N2O3/c1-22-14-6-7-16-15(11-14)17(8-9-19-16)20-13-5-3-4-12(10-13)18(21)23-2/h3-11H,1-2H3,(H,19,20).